The first-order valence-electron chi connectivity index (χ1n) is 9.59. The largest absolute Gasteiger partial charge is 0.350 e. The minimum Gasteiger partial charge on any atom is -0.350 e. The molecule has 0 saturated heterocycles. The van der Waals surface area contributed by atoms with Crippen molar-refractivity contribution in [2.75, 3.05) is 12.3 Å². The van der Waals surface area contributed by atoms with Crippen molar-refractivity contribution in [3.63, 3.8) is 0 Å². The Morgan fingerprint density at radius 3 is 2.69 bits per heavy atom. The van der Waals surface area contributed by atoms with Crippen molar-refractivity contribution in [1.29, 1.82) is 0 Å². The molecule has 0 spiro atoms. The van der Waals surface area contributed by atoms with Crippen LogP contribution in [0.3, 0.4) is 0 Å². The Balaban J connectivity index is 1.37. The van der Waals surface area contributed by atoms with Gasteiger partial charge in [-0.25, -0.2) is 13.5 Å². The predicted molar refractivity (Wildman–Crippen MR) is 110 cm³/mol. The second-order valence-electron chi connectivity index (χ2n) is 6.92. The molecule has 0 unspecified atom stereocenters. The van der Waals surface area contributed by atoms with Crippen LogP contribution < -0.4 is 5.32 Å². The molecule has 1 aliphatic carbocycles. The molecule has 7 heteroatoms. The number of nitrogens with zero attached hydrogens (tertiary/aromatic N) is 2. The van der Waals surface area contributed by atoms with Crippen LogP contribution in [0, 0.1) is 11.6 Å². The maximum Gasteiger partial charge on any atom is 0.272 e. The van der Waals surface area contributed by atoms with Gasteiger partial charge in [-0.2, -0.15) is 16.9 Å². The van der Waals surface area contributed by atoms with Gasteiger partial charge in [0.15, 0.2) is 5.69 Å². The lowest BCUT2D eigenvalue weighted by Gasteiger charge is -2.06. The molecule has 0 saturated carbocycles. The molecule has 0 bridgehead atoms. The van der Waals surface area contributed by atoms with Crippen LogP contribution in [0.5, 0.6) is 0 Å². The van der Waals surface area contributed by atoms with Crippen molar-refractivity contribution in [3.8, 4) is 5.69 Å². The fourth-order valence-electron chi connectivity index (χ4n) is 3.53. The zero-order valence-electron chi connectivity index (χ0n) is 15.8. The number of carbonyl (C=O) groups excluding carboxylic acids is 1. The first-order valence-corrected chi connectivity index (χ1v) is 10.7. The van der Waals surface area contributed by atoms with E-state index in [0.29, 0.717) is 29.3 Å². The summed E-state index contributed by atoms with van der Waals surface area (Å²) in [5.74, 6) is 0.544. The number of rotatable bonds is 7. The van der Waals surface area contributed by atoms with E-state index in [-0.39, 0.29) is 17.5 Å². The molecule has 150 valence electrons. The van der Waals surface area contributed by atoms with E-state index in [1.807, 2.05) is 6.07 Å². The quantitative estimate of drug-likeness (QED) is 0.588. The first kappa shape index (κ1) is 19.6. The molecule has 1 aliphatic rings. The van der Waals surface area contributed by atoms with Gasteiger partial charge < -0.3 is 5.32 Å². The highest BCUT2D eigenvalue weighted by atomic mass is 32.2. The number of nitrogens with one attached hydrogen (secondary N) is 1. The third-order valence-electron chi connectivity index (χ3n) is 4.96. The molecule has 4 nitrogen and oxygen atoms in total. The van der Waals surface area contributed by atoms with E-state index >= 15 is 0 Å². The van der Waals surface area contributed by atoms with Crippen LogP contribution in [0.25, 0.3) is 5.69 Å². The van der Waals surface area contributed by atoms with Gasteiger partial charge in [0.05, 0.1) is 5.69 Å². The van der Waals surface area contributed by atoms with Gasteiger partial charge in [-0.05, 0) is 55.2 Å². The molecule has 1 heterocycles. The lowest BCUT2D eigenvalue weighted by molar-refractivity contribution is 0.0950. The highest BCUT2D eigenvalue weighted by Crippen LogP contribution is 2.28. The molecule has 29 heavy (non-hydrogen) atoms. The molecule has 0 atom stereocenters. The van der Waals surface area contributed by atoms with Crippen molar-refractivity contribution < 1.29 is 13.6 Å². The number of amides is 1. The molecule has 4 rings (SSSR count). The summed E-state index contributed by atoms with van der Waals surface area (Å²) < 4.78 is 28.6. The SMILES string of the molecule is O=C(NCCSCc1ccccc1F)c1nn(-c2ccc(F)cc2)c2c1CCC2. The fraction of sp³-hybridized carbons (Fsp3) is 0.273. The Labute approximate surface area is 172 Å². The Hall–Kier alpha value is -2.67. The standard InChI is InChI=1S/C22H21F2N3OS/c23-16-8-10-17(11-9-16)27-20-7-3-5-18(20)21(26-27)22(28)25-12-13-29-14-15-4-1-2-6-19(15)24/h1-2,4,6,8-11H,3,5,7,12-14H2,(H,25,28). The summed E-state index contributed by atoms with van der Waals surface area (Å²) >= 11 is 1.57. The first-order chi connectivity index (χ1) is 14.1. The number of aromatic nitrogens is 2. The summed E-state index contributed by atoms with van der Waals surface area (Å²) in [5.41, 5.74) is 3.87. The van der Waals surface area contributed by atoms with E-state index in [2.05, 4.69) is 10.4 Å². The zero-order valence-corrected chi connectivity index (χ0v) is 16.6. The molecule has 0 aliphatic heterocycles. The van der Waals surface area contributed by atoms with Crippen LogP contribution in [0.15, 0.2) is 48.5 Å². The Bertz CT molecular complexity index is 1020. The highest BCUT2D eigenvalue weighted by molar-refractivity contribution is 7.98. The second-order valence-corrected chi connectivity index (χ2v) is 8.02. The fourth-order valence-corrected chi connectivity index (χ4v) is 4.38. The molecule has 1 aromatic heterocycles. The van der Waals surface area contributed by atoms with E-state index in [1.54, 1.807) is 40.7 Å². The highest BCUT2D eigenvalue weighted by Gasteiger charge is 2.26. The van der Waals surface area contributed by atoms with E-state index in [4.69, 9.17) is 0 Å². The van der Waals surface area contributed by atoms with E-state index in [9.17, 15) is 13.6 Å². The van der Waals surface area contributed by atoms with E-state index in [0.717, 1.165) is 36.2 Å². The average molecular weight is 413 g/mol. The smallest absolute Gasteiger partial charge is 0.272 e. The number of carbonyl (C=O) groups is 1. The molecule has 3 aromatic rings. The zero-order chi connectivity index (χ0) is 20.2. The Morgan fingerprint density at radius 2 is 1.90 bits per heavy atom. The summed E-state index contributed by atoms with van der Waals surface area (Å²) in [4.78, 5) is 12.7. The van der Waals surface area contributed by atoms with Gasteiger partial charge in [-0.15, -0.1) is 0 Å². The minimum absolute atomic E-state index is 0.199. The normalized spacial score (nSPS) is 12.8. The molecule has 0 radical (unpaired) electrons. The van der Waals surface area contributed by atoms with Crippen LogP contribution in [-0.2, 0) is 18.6 Å². The number of benzene rings is 2. The number of thioether (sulfide) groups is 1. The number of halogens is 2. The van der Waals surface area contributed by atoms with Crippen molar-refractivity contribution >= 4 is 17.7 Å². The molecule has 1 N–H and O–H groups in total. The van der Waals surface area contributed by atoms with Gasteiger partial charge in [-0.1, -0.05) is 18.2 Å². The minimum atomic E-state index is -0.302. The topological polar surface area (TPSA) is 46.9 Å². The van der Waals surface area contributed by atoms with Crippen molar-refractivity contribution in [2.24, 2.45) is 0 Å². The summed E-state index contributed by atoms with van der Waals surface area (Å²) in [7, 11) is 0. The van der Waals surface area contributed by atoms with E-state index < -0.39 is 0 Å². The molecule has 2 aromatic carbocycles. The van der Waals surface area contributed by atoms with Gasteiger partial charge in [0.1, 0.15) is 11.6 Å². The molecule has 1 amide bonds. The summed E-state index contributed by atoms with van der Waals surface area (Å²) in [6.07, 6.45) is 2.65. The lowest BCUT2D eigenvalue weighted by Crippen LogP contribution is -2.27. The molecular weight excluding hydrogens is 392 g/mol. The number of hydrogen-bond acceptors (Lipinski definition) is 3. The van der Waals surface area contributed by atoms with Gasteiger partial charge in [-0.3, -0.25) is 4.79 Å². The van der Waals surface area contributed by atoms with Gasteiger partial charge in [0.2, 0.25) is 0 Å². The average Bonchev–Trinajstić information content (AvgIpc) is 3.32. The third-order valence-corrected chi connectivity index (χ3v) is 5.97. The predicted octanol–water partition coefficient (Wildman–Crippen LogP) is 4.30. The monoisotopic (exact) mass is 413 g/mol. The van der Waals surface area contributed by atoms with Gasteiger partial charge in [0.25, 0.3) is 5.91 Å². The van der Waals surface area contributed by atoms with Crippen LogP contribution in [0.4, 0.5) is 8.78 Å². The van der Waals surface area contributed by atoms with Crippen molar-refractivity contribution in [2.45, 2.75) is 25.0 Å². The number of hydrogen-bond donors (Lipinski definition) is 1. The van der Waals surface area contributed by atoms with E-state index in [1.165, 1.54) is 18.2 Å². The van der Waals surface area contributed by atoms with Crippen molar-refractivity contribution in [1.82, 2.24) is 15.1 Å². The van der Waals surface area contributed by atoms with Crippen LogP contribution in [-0.4, -0.2) is 28.0 Å². The van der Waals surface area contributed by atoms with Gasteiger partial charge in [0, 0.05) is 29.3 Å². The summed E-state index contributed by atoms with van der Waals surface area (Å²) in [6, 6.07) is 12.8. The summed E-state index contributed by atoms with van der Waals surface area (Å²) in [5, 5.41) is 7.43. The maximum atomic E-state index is 13.6. The van der Waals surface area contributed by atoms with Gasteiger partial charge >= 0.3 is 0 Å². The second kappa shape index (κ2) is 8.78. The Morgan fingerprint density at radius 1 is 1.10 bits per heavy atom. The van der Waals surface area contributed by atoms with Crippen LogP contribution in [0.2, 0.25) is 0 Å². The lowest BCUT2D eigenvalue weighted by atomic mass is 10.2. The third kappa shape index (κ3) is 4.34. The Kier molecular flexibility index (Phi) is 5.94. The van der Waals surface area contributed by atoms with Crippen LogP contribution >= 0.6 is 11.8 Å². The van der Waals surface area contributed by atoms with Crippen molar-refractivity contribution in [3.05, 3.63) is 82.7 Å². The molecule has 0 fully saturated rings. The summed E-state index contributed by atoms with van der Waals surface area (Å²) in [6.45, 7) is 0.482. The number of fused-ring (bicyclic) bond motifs is 1. The van der Waals surface area contributed by atoms with Crippen LogP contribution in [0.1, 0.15) is 33.7 Å². The maximum absolute atomic E-state index is 13.6. The molecular formula is C22H21F2N3OS.